The second-order valence-electron chi connectivity index (χ2n) is 8.38. The number of carbonyl (C=O) groups is 2. The molecule has 0 amide bonds. The van der Waals surface area contributed by atoms with E-state index >= 15 is 0 Å². The Hall–Kier alpha value is -2.02. The Morgan fingerprint density at radius 2 is 2.10 bits per heavy atom. The Labute approximate surface area is 184 Å². The molecular weight excluding hydrogens is 440 g/mol. The maximum Gasteiger partial charge on any atom is 0.282 e. The van der Waals surface area contributed by atoms with Gasteiger partial charge in [0.25, 0.3) is 10.2 Å². The number of thioether (sulfide) groups is 1. The summed E-state index contributed by atoms with van der Waals surface area (Å²) in [6, 6.07) is 1.93. The van der Waals surface area contributed by atoms with E-state index in [1.807, 2.05) is 12.3 Å². The topological polar surface area (TPSA) is 120 Å². The zero-order valence-electron chi connectivity index (χ0n) is 17.2. The summed E-state index contributed by atoms with van der Waals surface area (Å²) in [5.74, 6) is 0.236. The third kappa shape index (κ3) is 3.55. The zero-order chi connectivity index (χ0) is 21.8. The Bertz CT molecular complexity index is 1130. The van der Waals surface area contributed by atoms with Gasteiger partial charge in [-0.2, -0.15) is 17.0 Å². The molecule has 10 nitrogen and oxygen atoms in total. The maximum atomic E-state index is 13.4. The van der Waals surface area contributed by atoms with Crippen LogP contribution in [0.3, 0.4) is 0 Å². The SMILES string of the molecule is CN(CC1C(=O)CCSC1=O)S(=O)(=O)N1CCN(c2ncnc3[nH]ccc23)CC12CC2. The summed E-state index contributed by atoms with van der Waals surface area (Å²) in [4.78, 5) is 38.2. The largest absolute Gasteiger partial charge is 0.353 e. The van der Waals surface area contributed by atoms with Crippen LogP contribution in [-0.2, 0) is 19.8 Å². The molecule has 1 spiro atoms. The average molecular weight is 465 g/mol. The molecule has 0 bridgehead atoms. The Morgan fingerprint density at radius 3 is 2.84 bits per heavy atom. The predicted octanol–water partition coefficient (Wildman–Crippen LogP) is 0.638. The second kappa shape index (κ2) is 7.54. The van der Waals surface area contributed by atoms with Crippen molar-refractivity contribution in [3.63, 3.8) is 0 Å². The van der Waals surface area contributed by atoms with Crippen molar-refractivity contribution in [3.05, 3.63) is 18.6 Å². The molecule has 1 saturated carbocycles. The molecule has 1 aliphatic carbocycles. The van der Waals surface area contributed by atoms with Crippen LogP contribution in [0.15, 0.2) is 18.6 Å². The minimum atomic E-state index is -3.80. The van der Waals surface area contributed by atoms with Crippen LogP contribution in [0.4, 0.5) is 5.82 Å². The summed E-state index contributed by atoms with van der Waals surface area (Å²) in [6.45, 7) is 1.28. The number of carbonyl (C=O) groups excluding carboxylic acids is 2. The minimum Gasteiger partial charge on any atom is -0.353 e. The number of piperazine rings is 1. The molecule has 3 fully saturated rings. The lowest BCUT2D eigenvalue weighted by molar-refractivity contribution is -0.129. The van der Waals surface area contributed by atoms with Crippen LogP contribution >= 0.6 is 11.8 Å². The lowest BCUT2D eigenvalue weighted by Gasteiger charge is -2.43. The van der Waals surface area contributed by atoms with Gasteiger partial charge in [-0.3, -0.25) is 9.59 Å². The average Bonchev–Trinajstić information content (AvgIpc) is 3.31. The number of Topliss-reactive ketones (excluding diaryl/α,β-unsaturated/α-hetero) is 1. The van der Waals surface area contributed by atoms with E-state index in [0.717, 1.165) is 41.5 Å². The molecule has 0 aromatic carbocycles. The van der Waals surface area contributed by atoms with Crippen LogP contribution in [0.25, 0.3) is 11.0 Å². The van der Waals surface area contributed by atoms with Crippen molar-refractivity contribution in [1.82, 2.24) is 23.6 Å². The van der Waals surface area contributed by atoms with Crippen LogP contribution in [0.5, 0.6) is 0 Å². The van der Waals surface area contributed by atoms with Gasteiger partial charge in [0.1, 0.15) is 29.5 Å². The number of rotatable bonds is 5. The van der Waals surface area contributed by atoms with Crippen LogP contribution in [0, 0.1) is 5.92 Å². The first-order valence-electron chi connectivity index (χ1n) is 10.3. The van der Waals surface area contributed by atoms with Crippen molar-refractivity contribution in [2.24, 2.45) is 5.92 Å². The molecule has 1 N–H and O–H groups in total. The normalized spacial score (nSPS) is 24.5. The third-order valence-corrected chi connectivity index (χ3v) is 9.47. The molecule has 0 radical (unpaired) electrons. The Morgan fingerprint density at radius 1 is 1.29 bits per heavy atom. The standard InChI is InChI=1S/C19H24N6O4S2/c1-23(10-14-15(26)3-9-30-18(14)27)31(28,29)25-8-7-24(11-19(25)4-5-19)17-13-2-6-20-16(13)21-12-22-17/h2,6,12,14H,3-5,7-11H2,1H3,(H,20,21,22). The quantitative estimate of drug-likeness (QED) is 0.640. The number of ketones is 1. The van der Waals surface area contributed by atoms with Gasteiger partial charge in [0.2, 0.25) is 5.12 Å². The summed E-state index contributed by atoms with van der Waals surface area (Å²) in [6.07, 6.45) is 5.19. The van der Waals surface area contributed by atoms with E-state index < -0.39 is 21.7 Å². The minimum absolute atomic E-state index is 0.0980. The Balaban J connectivity index is 1.35. The molecule has 1 atom stereocenters. The molecule has 3 aliphatic rings. The number of nitrogens with zero attached hydrogens (tertiary/aromatic N) is 5. The number of H-pyrrole nitrogens is 1. The van der Waals surface area contributed by atoms with Crippen molar-refractivity contribution < 1.29 is 18.0 Å². The van der Waals surface area contributed by atoms with Crippen molar-refractivity contribution >= 4 is 49.7 Å². The summed E-state index contributed by atoms with van der Waals surface area (Å²) in [7, 11) is -2.34. The van der Waals surface area contributed by atoms with E-state index in [1.54, 1.807) is 4.31 Å². The van der Waals surface area contributed by atoms with Crippen molar-refractivity contribution in [1.29, 1.82) is 0 Å². The fourth-order valence-corrected chi connectivity index (χ4v) is 7.15. The van der Waals surface area contributed by atoms with Crippen LogP contribution in [-0.4, -0.2) is 87.4 Å². The lowest BCUT2D eigenvalue weighted by atomic mass is 10.0. The number of fused-ring (bicyclic) bond motifs is 1. The van der Waals surface area contributed by atoms with E-state index in [-0.39, 0.29) is 17.4 Å². The summed E-state index contributed by atoms with van der Waals surface area (Å²) in [5.41, 5.74) is 0.276. The van der Waals surface area contributed by atoms with Gasteiger partial charge in [-0.25, -0.2) is 9.97 Å². The van der Waals surface area contributed by atoms with E-state index in [9.17, 15) is 18.0 Å². The van der Waals surface area contributed by atoms with Gasteiger partial charge < -0.3 is 9.88 Å². The van der Waals surface area contributed by atoms with Crippen molar-refractivity contribution in [2.45, 2.75) is 24.8 Å². The first-order valence-corrected chi connectivity index (χ1v) is 12.7. The van der Waals surface area contributed by atoms with Gasteiger partial charge in [0, 0.05) is 51.6 Å². The first kappa shape index (κ1) is 20.9. The van der Waals surface area contributed by atoms with Crippen molar-refractivity contribution in [3.8, 4) is 0 Å². The fourth-order valence-electron chi connectivity index (χ4n) is 4.52. The molecule has 2 aromatic rings. The smallest absolute Gasteiger partial charge is 0.282 e. The summed E-state index contributed by atoms with van der Waals surface area (Å²) < 4.78 is 29.6. The number of aromatic amines is 1. The molecule has 4 heterocycles. The fraction of sp³-hybridized carbons (Fsp3) is 0.579. The first-order chi connectivity index (χ1) is 14.8. The number of nitrogens with one attached hydrogen (secondary N) is 1. The van der Waals surface area contributed by atoms with Crippen LogP contribution in [0.2, 0.25) is 0 Å². The molecule has 2 aromatic heterocycles. The number of aromatic nitrogens is 3. The number of hydrogen-bond acceptors (Lipinski definition) is 8. The van der Waals surface area contributed by atoms with E-state index in [0.29, 0.717) is 31.8 Å². The third-order valence-electron chi connectivity index (χ3n) is 6.42. The zero-order valence-corrected chi connectivity index (χ0v) is 18.8. The molecule has 1 unspecified atom stereocenters. The molecule has 2 aliphatic heterocycles. The van der Waals surface area contributed by atoms with Gasteiger partial charge in [-0.05, 0) is 18.9 Å². The molecule has 5 rings (SSSR count). The molecule has 166 valence electrons. The van der Waals surface area contributed by atoms with E-state index in [4.69, 9.17) is 0 Å². The number of hydrogen-bond donors (Lipinski definition) is 1. The van der Waals surface area contributed by atoms with Gasteiger partial charge in [-0.15, -0.1) is 0 Å². The Kier molecular flexibility index (Phi) is 5.07. The molecule has 2 saturated heterocycles. The highest BCUT2D eigenvalue weighted by Gasteiger charge is 2.57. The van der Waals surface area contributed by atoms with Gasteiger partial charge in [-0.1, -0.05) is 11.8 Å². The van der Waals surface area contributed by atoms with Gasteiger partial charge in [0.15, 0.2) is 0 Å². The lowest BCUT2D eigenvalue weighted by Crippen LogP contribution is -2.60. The van der Waals surface area contributed by atoms with Gasteiger partial charge in [0.05, 0.1) is 10.9 Å². The maximum absolute atomic E-state index is 13.4. The second-order valence-corrected chi connectivity index (χ2v) is 11.4. The predicted molar refractivity (Wildman–Crippen MR) is 117 cm³/mol. The number of anilines is 1. The van der Waals surface area contributed by atoms with Crippen LogP contribution < -0.4 is 4.90 Å². The van der Waals surface area contributed by atoms with Gasteiger partial charge >= 0.3 is 0 Å². The highest BCUT2D eigenvalue weighted by molar-refractivity contribution is 8.13. The highest BCUT2D eigenvalue weighted by Crippen LogP contribution is 2.47. The molecule has 31 heavy (non-hydrogen) atoms. The monoisotopic (exact) mass is 464 g/mol. The van der Waals surface area contributed by atoms with Crippen molar-refractivity contribution in [2.75, 3.05) is 43.9 Å². The van der Waals surface area contributed by atoms with Crippen LogP contribution in [0.1, 0.15) is 19.3 Å². The summed E-state index contributed by atoms with van der Waals surface area (Å²) in [5, 5.41) is 0.682. The summed E-state index contributed by atoms with van der Waals surface area (Å²) >= 11 is 1.11. The highest BCUT2D eigenvalue weighted by atomic mass is 32.2. The molecule has 12 heteroatoms. The van der Waals surface area contributed by atoms with E-state index in [2.05, 4.69) is 19.9 Å². The molecular formula is C19H24N6O4S2. The van der Waals surface area contributed by atoms with E-state index in [1.165, 1.54) is 17.7 Å².